The Morgan fingerprint density at radius 2 is 2.00 bits per heavy atom. The molecule has 2 N–H and O–H groups in total. The average molecular weight is 232 g/mol. The molecule has 5 heteroatoms. The molecule has 1 heterocycles. The first-order valence-electron chi connectivity index (χ1n) is 5.58. The number of hydrogen-bond acceptors (Lipinski definition) is 5. The third-order valence-electron chi connectivity index (χ3n) is 2.53. The molecule has 0 aliphatic rings. The molecule has 0 saturated carbocycles. The summed E-state index contributed by atoms with van der Waals surface area (Å²) < 4.78 is 5.46. The van der Waals surface area contributed by atoms with Gasteiger partial charge in [-0.05, 0) is 19.5 Å². The van der Waals surface area contributed by atoms with E-state index in [1.54, 1.807) is 0 Å². The Bertz CT molecular complexity index is 455. The van der Waals surface area contributed by atoms with Gasteiger partial charge in [0.25, 0.3) is 0 Å². The summed E-state index contributed by atoms with van der Waals surface area (Å²) >= 11 is 0. The molecule has 0 spiro atoms. The molecule has 5 nitrogen and oxygen atoms in total. The second-order valence-electron chi connectivity index (χ2n) is 3.79. The number of nitrogens with zero attached hydrogens (tertiary/aromatic N) is 2. The van der Waals surface area contributed by atoms with Gasteiger partial charge in [0.2, 0.25) is 5.89 Å². The van der Waals surface area contributed by atoms with E-state index in [1.165, 1.54) is 5.56 Å². The van der Waals surface area contributed by atoms with Crippen molar-refractivity contribution in [2.75, 3.05) is 12.4 Å². The summed E-state index contributed by atoms with van der Waals surface area (Å²) in [4.78, 5) is 0. The fraction of sp³-hybridized carbons (Fsp3) is 0.333. The van der Waals surface area contributed by atoms with Crippen LogP contribution in [0.3, 0.4) is 0 Å². The number of benzene rings is 1. The summed E-state index contributed by atoms with van der Waals surface area (Å²) in [6.07, 6.45) is 0. The van der Waals surface area contributed by atoms with Gasteiger partial charge >= 0.3 is 6.01 Å². The lowest BCUT2D eigenvalue weighted by Crippen LogP contribution is -2.12. The molecule has 1 aromatic carbocycles. The first kappa shape index (κ1) is 11.6. The highest BCUT2D eigenvalue weighted by molar-refractivity contribution is 5.23. The van der Waals surface area contributed by atoms with Gasteiger partial charge in [-0.1, -0.05) is 35.4 Å². The van der Waals surface area contributed by atoms with Crippen molar-refractivity contribution in [2.24, 2.45) is 0 Å². The van der Waals surface area contributed by atoms with Crippen LogP contribution >= 0.6 is 0 Å². The Morgan fingerprint density at radius 1 is 1.24 bits per heavy atom. The summed E-state index contributed by atoms with van der Waals surface area (Å²) in [6.45, 7) is 2.64. The van der Waals surface area contributed by atoms with Crippen molar-refractivity contribution < 1.29 is 4.42 Å². The number of hydrogen-bond donors (Lipinski definition) is 2. The fourth-order valence-corrected chi connectivity index (χ4v) is 1.38. The van der Waals surface area contributed by atoms with Crippen LogP contribution in [0.15, 0.2) is 34.7 Å². The quantitative estimate of drug-likeness (QED) is 0.825. The lowest BCUT2D eigenvalue weighted by molar-refractivity contribution is 0.441. The molecule has 0 aliphatic carbocycles. The highest BCUT2D eigenvalue weighted by Crippen LogP contribution is 2.13. The standard InChI is InChI=1S/C12H16N4O/c1-9(13-2)11-15-16-12(17-11)14-8-10-6-4-3-5-7-10/h3-7,9,13H,8H2,1-2H3,(H,14,16). The third kappa shape index (κ3) is 3.04. The van der Waals surface area contributed by atoms with Gasteiger partial charge in [0.1, 0.15) is 0 Å². The van der Waals surface area contributed by atoms with Gasteiger partial charge in [-0.25, -0.2) is 0 Å². The monoisotopic (exact) mass is 232 g/mol. The minimum absolute atomic E-state index is 0.0646. The van der Waals surface area contributed by atoms with Crippen molar-refractivity contribution >= 4 is 6.01 Å². The van der Waals surface area contributed by atoms with Crippen molar-refractivity contribution in [3.05, 3.63) is 41.8 Å². The molecule has 90 valence electrons. The van der Waals surface area contributed by atoms with E-state index < -0.39 is 0 Å². The molecule has 0 fully saturated rings. The molecule has 0 radical (unpaired) electrons. The normalized spacial score (nSPS) is 12.4. The largest absolute Gasteiger partial charge is 0.406 e. The van der Waals surface area contributed by atoms with E-state index in [-0.39, 0.29) is 6.04 Å². The Morgan fingerprint density at radius 3 is 2.71 bits per heavy atom. The van der Waals surface area contributed by atoms with Crippen LogP contribution < -0.4 is 10.6 Å². The first-order chi connectivity index (χ1) is 8.29. The predicted octanol–water partition coefficient (Wildman–Crippen LogP) is 1.96. The smallest absolute Gasteiger partial charge is 0.315 e. The van der Waals surface area contributed by atoms with Gasteiger partial charge < -0.3 is 15.1 Å². The molecule has 0 saturated heterocycles. The maximum atomic E-state index is 5.46. The number of nitrogens with one attached hydrogen (secondary N) is 2. The van der Waals surface area contributed by atoms with Crippen LogP contribution in [0.4, 0.5) is 6.01 Å². The molecule has 1 unspecified atom stereocenters. The SMILES string of the molecule is CNC(C)c1nnc(NCc2ccccc2)o1. The zero-order valence-corrected chi connectivity index (χ0v) is 9.97. The zero-order chi connectivity index (χ0) is 12.1. The topological polar surface area (TPSA) is 63.0 Å². The zero-order valence-electron chi connectivity index (χ0n) is 9.97. The maximum absolute atomic E-state index is 5.46. The first-order valence-corrected chi connectivity index (χ1v) is 5.58. The van der Waals surface area contributed by atoms with Crippen molar-refractivity contribution in [3.8, 4) is 0 Å². The van der Waals surface area contributed by atoms with Crippen LogP contribution in [0, 0.1) is 0 Å². The summed E-state index contributed by atoms with van der Waals surface area (Å²) in [5.41, 5.74) is 1.17. The van der Waals surface area contributed by atoms with Crippen LogP contribution in [0.1, 0.15) is 24.4 Å². The van der Waals surface area contributed by atoms with Crippen LogP contribution in [-0.4, -0.2) is 17.2 Å². The second-order valence-corrected chi connectivity index (χ2v) is 3.79. The highest BCUT2D eigenvalue weighted by Gasteiger charge is 2.11. The minimum Gasteiger partial charge on any atom is -0.406 e. The molecule has 1 atom stereocenters. The Labute approximate surface area is 100 Å². The van der Waals surface area contributed by atoms with Gasteiger partial charge in [-0.15, -0.1) is 5.10 Å². The lowest BCUT2D eigenvalue weighted by atomic mass is 10.2. The Balaban J connectivity index is 1.94. The molecule has 1 aromatic heterocycles. The summed E-state index contributed by atoms with van der Waals surface area (Å²) in [5.74, 6) is 0.586. The molecule has 2 aromatic rings. The maximum Gasteiger partial charge on any atom is 0.315 e. The lowest BCUT2D eigenvalue weighted by Gasteiger charge is -2.03. The molecule has 2 rings (SSSR count). The van der Waals surface area contributed by atoms with Crippen molar-refractivity contribution in [1.82, 2.24) is 15.5 Å². The average Bonchev–Trinajstić information content (AvgIpc) is 2.85. The minimum atomic E-state index is 0.0646. The number of rotatable bonds is 5. The van der Waals surface area contributed by atoms with E-state index in [4.69, 9.17) is 4.42 Å². The van der Waals surface area contributed by atoms with Crippen molar-refractivity contribution in [1.29, 1.82) is 0 Å². The Hall–Kier alpha value is -1.88. The van der Waals surface area contributed by atoms with E-state index in [1.807, 2.05) is 44.3 Å². The molecule has 0 bridgehead atoms. The van der Waals surface area contributed by atoms with E-state index in [2.05, 4.69) is 20.8 Å². The third-order valence-corrected chi connectivity index (χ3v) is 2.53. The molecular weight excluding hydrogens is 216 g/mol. The van der Waals surface area contributed by atoms with Gasteiger partial charge in [-0.2, -0.15) is 0 Å². The van der Waals surface area contributed by atoms with Gasteiger partial charge in [-0.3, -0.25) is 0 Å². The van der Waals surface area contributed by atoms with E-state index in [0.29, 0.717) is 18.5 Å². The van der Waals surface area contributed by atoms with Gasteiger partial charge in [0.15, 0.2) is 0 Å². The van der Waals surface area contributed by atoms with Crippen molar-refractivity contribution in [2.45, 2.75) is 19.5 Å². The summed E-state index contributed by atoms with van der Waals surface area (Å²) in [7, 11) is 1.85. The molecule has 17 heavy (non-hydrogen) atoms. The van der Waals surface area contributed by atoms with Crippen LogP contribution in [-0.2, 0) is 6.54 Å². The Kier molecular flexibility index (Phi) is 3.72. The summed E-state index contributed by atoms with van der Waals surface area (Å²) in [5, 5.41) is 14.0. The van der Waals surface area contributed by atoms with E-state index >= 15 is 0 Å². The van der Waals surface area contributed by atoms with Crippen LogP contribution in [0.2, 0.25) is 0 Å². The number of aromatic nitrogens is 2. The second kappa shape index (κ2) is 5.45. The van der Waals surface area contributed by atoms with Crippen molar-refractivity contribution in [3.63, 3.8) is 0 Å². The van der Waals surface area contributed by atoms with E-state index in [0.717, 1.165) is 0 Å². The molecule has 0 aliphatic heterocycles. The predicted molar refractivity (Wildman–Crippen MR) is 65.5 cm³/mol. The van der Waals surface area contributed by atoms with Crippen LogP contribution in [0.5, 0.6) is 0 Å². The van der Waals surface area contributed by atoms with E-state index in [9.17, 15) is 0 Å². The molecule has 0 amide bonds. The van der Waals surface area contributed by atoms with Gasteiger partial charge in [0.05, 0.1) is 6.04 Å². The molecular formula is C12H16N4O. The van der Waals surface area contributed by atoms with Gasteiger partial charge in [0, 0.05) is 6.54 Å². The summed E-state index contributed by atoms with van der Waals surface area (Å²) in [6, 6.07) is 10.6. The fourth-order valence-electron chi connectivity index (χ4n) is 1.38. The highest BCUT2D eigenvalue weighted by atomic mass is 16.4. The number of anilines is 1. The van der Waals surface area contributed by atoms with Crippen LogP contribution in [0.25, 0.3) is 0 Å².